The first kappa shape index (κ1) is 50.3. The lowest BCUT2D eigenvalue weighted by Crippen LogP contribution is -2.10. The van der Waals surface area contributed by atoms with Crippen molar-refractivity contribution >= 4 is 47.5 Å². The van der Waals surface area contributed by atoms with E-state index in [1.165, 1.54) is 12.2 Å². The number of rotatable bonds is 25. The van der Waals surface area contributed by atoms with Crippen molar-refractivity contribution in [2.24, 2.45) is 10.2 Å². The second-order valence-electron chi connectivity index (χ2n) is 13.9. The Bertz CT molecular complexity index is 2330. The first-order valence-electron chi connectivity index (χ1n) is 21.1. The molecule has 0 saturated carbocycles. The number of ether oxygens (including phenoxy) is 6. The Morgan fingerprint density at radius 1 is 0.591 bits per heavy atom. The second-order valence-corrected chi connectivity index (χ2v) is 13.9. The maximum absolute atomic E-state index is 12.9. The first-order chi connectivity index (χ1) is 32.1. The normalized spacial score (nSPS) is 11.6. The van der Waals surface area contributed by atoms with Gasteiger partial charge in [0.1, 0.15) is 34.6 Å². The smallest absolute Gasteiger partial charge is 0.354 e. The van der Waals surface area contributed by atoms with Crippen LogP contribution in [0.1, 0.15) is 74.6 Å². The summed E-state index contributed by atoms with van der Waals surface area (Å²) in [6.45, 7) is 19.6. The molecular formula is C52H50N4O10. The van der Waals surface area contributed by atoms with Gasteiger partial charge in [-0.25, -0.2) is 19.2 Å². The summed E-state index contributed by atoms with van der Waals surface area (Å²) in [6, 6.07) is 29.2. The summed E-state index contributed by atoms with van der Waals surface area (Å²) in [6.07, 6.45) is 8.89. The molecule has 0 aliphatic heterocycles. The third-order valence-corrected chi connectivity index (χ3v) is 9.24. The Morgan fingerprint density at radius 3 is 1.38 bits per heavy atom. The molecule has 0 saturated heterocycles. The maximum atomic E-state index is 12.9. The van der Waals surface area contributed by atoms with E-state index >= 15 is 0 Å². The average Bonchev–Trinajstić information content (AvgIpc) is 3.34. The zero-order chi connectivity index (χ0) is 47.5. The molecule has 0 fully saturated rings. The maximum Gasteiger partial charge on any atom is 0.354 e. The summed E-state index contributed by atoms with van der Waals surface area (Å²) >= 11 is 0. The predicted octanol–water partition coefficient (Wildman–Crippen LogP) is 9.85. The van der Waals surface area contributed by atoms with Crippen LogP contribution in [0.4, 0.5) is 0 Å². The zero-order valence-electron chi connectivity index (χ0n) is 36.9. The molecule has 338 valence electrons. The predicted molar refractivity (Wildman–Crippen MR) is 251 cm³/mol. The van der Waals surface area contributed by atoms with Crippen LogP contribution in [0.25, 0.3) is 17.0 Å². The molecule has 0 atom stereocenters. The molecule has 0 aliphatic rings. The molecule has 0 spiro atoms. The van der Waals surface area contributed by atoms with Crippen LogP contribution in [0.2, 0.25) is 0 Å². The molecule has 0 bridgehead atoms. The largest absolute Gasteiger partial charge is 0.494 e. The molecule has 0 amide bonds. The van der Waals surface area contributed by atoms with E-state index in [1.807, 2.05) is 19.9 Å². The van der Waals surface area contributed by atoms with Gasteiger partial charge in [-0.1, -0.05) is 51.3 Å². The molecule has 0 radical (unpaired) electrons. The molecule has 14 nitrogen and oxygen atoms in total. The fourth-order valence-corrected chi connectivity index (χ4v) is 5.71. The van der Waals surface area contributed by atoms with E-state index < -0.39 is 23.9 Å². The number of nitriles is 1. The summed E-state index contributed by atoms with van der Waals surface area (Å²) in [7, 11) is 0. The summed E-state index contributed by atoms with van der Waals surface area (Å²) in [5, 5.41) is 18.8. The van der Waals surface area contributed by atoms with Crippen LogP contribution in [-0.4, -0.2) is 61.7 Å². The highest BCUT2D eigenvalue weighted by atomic mass is 16.5. The number of nitrogens with zero attached hydrogens (tertiary/aromatic N) is 4. The van der Waals surface area contributed by atoms with Gasteiger partial charge < -0.3 is 28.4 Å². The highest BCUT2D eigenvalue weighted by Gasteiger charge is 2.15. The van der Waals surface area contributed by atoms with Crippen LogP contribution in [0, 0.1) is 17.9 Å². The van der Waals surface area contributed by atoms with Gasteiger partial charge in [0.2, 0.25) is 0 Å². The zero-order valence-corrected chi connectivity index (χ0v) is 36.9. The van der Waals surface area contributed by atoms with E-state index in [0.29, 0.717) is 85.8 Å². The van der Waals surface area contributed by atoms with Gasteiger partial charge in [0.15, 0.2) is 0 Å². The molecular weight excluding hydrogens is 841 g/mol. The van der Waals surface area contributed by atoms with Gasteiger partial charge in [0.05, 0.1) is 44.4 Å². The topological polar surface area (TPSA) is 177 Å². The van der Waals surface area contributed by atoms with Gasteiger partial charge in [0, 0.05) is 12.2 Å². The van der Waals surface area contributed by atoms with Crippen LogP contribution in [0.3, 0.4) is 0 Å². The molecule has 4 aromatic carbocycles. The van der Waals surface area contributed by atoms with E-state index in [4.69, 9.17) is 35.0 Å². The molecule has 4 rings (SSSR count). The fraction of sp³-hybridized carbons (Fsp3) is 0.231. The first-order valence-corrected chi connectivity index (χ1v) is 21.1. The van der Waals surface area contributed by atoms with Crippen molar-refractivity contribution in [3.05, 3.63) is 167 Å². The van der Waals surface area contributed by atoms with Crippen molar-refractivity contribution in [2.75, 3.05) is 26.4 Å². The lowest BCUT2D eigenvalue weighted by Gasteiger charge is -2.08. The number of unbranched alkanes of at least 4 members (excludes halogenated alkanes) is 2. The summed E-state index contributed by atoms with van der Waals surface area (Å²) in [4.78, 5) is 51.4. The number of hydrogen-bond donors (Lipinski definition) is 0. The van der Waals surface area contributed by atoms with Crippen molar-refractivity contribution in [3.8, 4) is 29.1 Å². The monoisotopic (exact) mass is 890 g/mol. The lowest BCUT2D eigenvalue weighted by molar-refractivity contribution is -0.138. The van der Waals surface area contributed by atoms with Crippen molar-refractivity contribution in [1.82, 2.24) is 0 Å². The van der Waals surface area contributed by atoms with Crippen molar-refractivity contribution in [3.63, 3.8) is 0 Å². The van der Waals surface area contributed by atoms with E-state index in [9.17, 15) is 24.4 Å². The molecule has 0 heterocycles. The number of carbonyl (C=O) groups excluding carboxylic acids is 4. The van der Waals surface area contributed by atoms with Gasteiger partial charge in [-0.15, -0.1) is 0 Å². The van der Waals surface area contributed by atoms with Crippen molar-refractivity contribution in [1.29, 1.82) is 5.26 Å². The van der Waals surface area contributed by atoms with Crippen LogP contribution in [0.15, 0.2) is 144 Å². The number of esters is 4. The highest BCUT2D eigenvalue weighted by Crippen LogP contribution is 2.21. The van der Waals surface area contributed by atoms with Gasteiger partial charge in [-0.05, 0) is 146 Å². The number of benzene rings is 4. The molecule has 0 aromatic heterocycles. The Hall–Kier alpha value is -8.36. The fourth-order valence-electron chi connectivity index (χ4n) is 5.71. The van der Waals surface area contributed by atoms with Crippen LogP contribution < -0.4 is 18.9 Å². The standard InChI is InChI=1S/C52H50N4O10/c1-6-46(39-18-26-44(27-19-39)65-51(59)41(36-53)34-37-14-22-42(23-15-37)61-30-10-12-32-63-49(57)8-3)55-56-47(7-2)40-20-28-45(29-21-40)66-52(60)48(54-5)35-38-16-24-43(25-17-38)62-31-11-13-33-64-50(58)9-4/h8-9,14-29,34-35H,3-4,6-7,10-13,30-33H2,1-2H3/b41-34+,48-35-,55-46-,56-47-. The SMILES string of the molecule is [C-]#[N+]/C(=C\c1ccc(OCCCCOC(=O)C=C)cc1)C(=O)Oc1ccc(/C(CC)=N\N=C(\CC)c2ccc(OC(=O)/C(C#N)=C/c3ccc(OCCCCOC(=O)C=C)cc3)cc2)cc1. The van der Waals surface area contributed by atoms with E-state index in [-0.39, 0.29) is 36.0 Å². The van der Waals surface area contributed by atoms with Crippen LogP contribution >= 0.6 is 0 Å². The number of hydrogen-bond acceptors (Lipinski definition) is 13. The van der Waals surface area contributed by atoms with E-state index in [0.717, 1.165) is 23.3 Å². The molecule has 0 aliphatic carbocycles. The minimum atomic E-state index is -0.808. The molecule has 4 aromatic rings. The van der Waals surface area contributed by atoms with Gasteiger partial charge >= 0.3 is 23.9 Å². The lowest BCUT2D eigenvalue weighted by atomic mass is 10.1. The van der Waals surface area contributed by atoms with Gasteiger partial charge in [-0.3, -0.25) is 4.79 Å². The average molecular weight is 891 g/mol. The Balaban J connectivity index is 1.29. The van der Waals surface area contributed by atoms with Crippen molar-refractivity contribution in [2.45, 2.75) is 52.4 Å². The Kier molecular flexibility index (Phi) is 21.1. The Labute approximate surface area is 384 Å². The van der Waals surface area contributed by atoms with Gasteiger partial charge in [-0.2, -0.15) is 15.5 Å². The third-order valence-electron chi connectivity index (χ3n) is 9.24. The quantitative estimate of drug-likeness (QED) is 0.00905. The van der Waals surface area contributed by atoms with Crippen molar-refractivity contribution < 1.29 is 47.6 Å². The van der Waals surface area contributed by atoms with Crippen LogP contribution in [0.5, 0.6) is 23.0 Å². The Morgan fingerprint density at radius 2 is 0.985 bits per heavy atom. The van der Waals surface area contributed by atoms with Gasteiger partial charge in [0.25, 0.3) is 5.70 Å². The third kappa shape index (κ3) is 17.1. The minimum absolute atomic E-state index is 0.184. The van der Waals surface area contributed by atoms with E-state index in [1.54, 1.807) is 97.1 Å². The highest BCUT2D eigenvalue weighted by molar-refractivity contribution is 6.04. The van der Waals surface area contributed by atoms with E-state index in [2.05, 4.69) is 28.2 Å². The summed E-state index contributed by atoms with van der Waals surface area (Å²) in [5.74, 6) is -0.794. The molecule has 66 heavy (non-hydrogen) atoms. The number of carbonyl (C=O) groups is 4. The minimum Gasteiger partial charge on any atom is -0.494 e. The molecule has 0 N–H and O–H groups in total. The molecule has 0 unspecified atom stereocenters. The molecule has 14 heteroatoms. The van der Waals surface area contributed by atoms with Crippen LogP contribution in [-0.2, 0) is 28.7 Å². The second kappa shape index (κ2) is 27.6. The summed E-state index contributed by atoms with van der Waals surface area (Å²) in [5.41, 5.74) is 3.75. The summed E-state index contributed by atoms with van der Waals surface area (Å²) < 4.78 is 32.3.